The van der Waals surface area contributed by atoms with E-state index in [9.17, 15) is 13.2 Å². The van der Waals surface area contributed by atoms with Gasteiger partial charge in [0.05, 0.1) is 16.3 Å². The zero-order valence-electron chi connectivity index (χ0n) is 12.5. The number of likely N-dealkylation sites (N-methyl/N-ethyl adjacent to an activating group) is 1. The number of carbonyl (C=O) groups excluding carboxylic acids is 1. The average Bonchev–Trinajstić information content (AvgIpc) is 2.99. The lowest BCUT2D eigenvalue weighted by Gasteiger charge is -2.20. The maximum atomic E-state index is 12.9. The number of aliphatic imine (C=N–C) groups is 1. The molecule has 0 amide bonds. The van der Waals surface area contributed by atoms with Gasteiger partial charge in [-0.15, -0.1) is 0 Å². The van der Waals surface area contributed by atoms with E-state index in [2.05, 4.69) is 4.99 Å². The van der Waals surface area contributed by atoms with E-state index in [-0.39, 0.29) is 26.7 Å². The van der Waals surface area contributed by atoms with Gasteiger partial charge >= 0.3 is 0 Å². The standard InChI is InChI=1S/C17H14N2O3S/c1-19-9-8-18-17(19)11-6-7-13-15(10-11)23(21,22)14-5-3-2-4-12(14)16(13)20/h2-7,10H,8-9H2,1H3. The Balaban J connectivity index is 1.95. The van der Waals surface area contributed by atoms with Crippen molar-refractivity contribution in [1.29, 1.82) is 0 Å². The first-order valence-electron chi connectivity index (χ1n) is 7.29. The van der Waals surface area contributed by atoms with Gasteiger partial charge in [0.15, 0.2) is 5.78 Å². The minimum atomic E-state index is -3.70. The lowest BCUT2D eigenvalue weighted by Crippen LogP contribution is -2.25. The van der Waals surface area contributed by atoms with Gasteiger partial charge in [0, 0.05) is 30.3 Å². The third-order valence-electron chi connectivity index (χ3n) is 4.25. The SMILES string of the molecule is CN1CCN=C1c1ccc2c(c1)S(=O)(=O)c1ccccc1C2=O. The first-order valence-corrected chi connectivity index (χ1v) is 8.77. The summed E-state index contributed by atoms with van der Waals surface area (Å²) in [6, 6.07) is 11.3. The molecule has 2 aromatic rings. The van der Waals surface area contributed by atoms with Crippen LogP contribution in [0.3, 0.4) is 0 Å². The van der Waals surface area contributed by atoms with Crippen molar-refractivity contribution in [2.45, 2.75) is 9.79 Å². The lowest BCUT2D eigenvalue weighted by molar-refractivity contribution is 0.103. The molecule has 4 rings (SSSR count). The molecule has 6 heteroatoms. The third-order valence-corrected chi connectivity index (χ3v) is 6.11. The first-order chi connectivity index (χ1) is 11.0. The summed E-state index contributed by atoms with van der Waals surface area (Å²) in [5.41, 5.74) is 1.19. The van der Waals surface area contributed by atoms with Crippen LogP contribution in [0.4, 0.5) is 0 Å². The van der Waals surface area contributed by atoms with Gasteiger partial charge in [-0.2, -0.15) is 0 Å². The summed E-state index contributed by atoms with van der Waals surface area (Å²) >= 11 is 0. The third kappa shape index (κ3) is 1.95. The maximum absolute atomic E-state index is 12.9. The number of sulfone groups is 1. The van der Waals surface area contributed by atoms with E-state index in [1.54, 1.807) is 36.4 Å². The summed E-state index contributed by atoms with van der Waals surface area (Å²) in [6.45, 7) is 1.50. The molecule has 0 atom stereocenters. The van der Waals surface area contributed by atoms with E-state index in [1.807, 2.05) is 11.9 Å². The first kappa shape index (κ1) is 14.1. The van der Waals surface area contributed by atoms with E-state index >= 15 is 0 Å². The topological polar surface area (TPSA) is 66.8 Å². The van der Waals surface area contributed by atoms with Gasteiger partial charge in [-0.05, 0) is 24.3 Å². The van der Waals surface area contributed by atoms with Crippen LogP contribution in [-0.4, -0.2) is 45.1 Å². The van der Waals surface area contributed by atoms with Crippen molar-refractivity contribution in [1.82, 2.24) is 4.90 Å². The van der Waals surface area contributed by atoms with Crippen LogP contribution in [0.5, 0.6) is 0 Å². The molecular formula is C17H14N2O3S. The normalized spacial score (nSPS) is 18.4. The maximum Gasteiger partial charge on any atom is 0.208 e. The van der Waals surface area contributed by atoms with E-state index < -0.39 is 9.84 Å². The summed E-state index contributed by atoms with van der Waals surface area (Å²) in [4.78, 5) is 19.1. The highest BCUT2D eigenvalue weighted by molar-refractivity contribution is 7.91. The van der Waals surface area contributed by atoms with Crippen LogP contribution in [0.15, 0.2) is 57.2 Å². The highest BCUT2D eigenvalue weighted by Gasteiger charge is 2.35. The zero-order chi connectivity index (χ0) is 16.2. The number of nitrogens with zero attached hydrogens (tertiary/aromatic N) is 2. The Morgan fingerprint density at radius 2 is 1.78 bits per heavy atom. The Kier molecular flexibility index (Phi) is 2.93. The van der Waals surface area contributed by atoms with Crippen LogP contribution < -0.4 is 0 Å². The van der Waals surface area contributed by atoms with Gasteiger partial charge in [0.1, 0.15) is 5.84 Å². The highest BCUT2D eigenvalue weighted by Crippen LogP contribution is 2.35. The molecule has 0 bridgehead atoms. The quantitative estimate of drug-likeness (QED) is 0.683. The van der Waals surface area contributed by atoms with Crippen LogP contribution >= 0.6 is 0 Å². The van der Waals surface area contributed by atoms with Crippen molar-refractivity contribution < 1.29 is 13.2 Å². The molecule has 0 spiro atoms. The molecule has 0 fully saturated rings. The number of rotatable bonds is 1. The minimum Gasteiger partial charge on any atom is -0.358 e. The molecule has 0 aliphatic carbocycles. The number of amidine groups is 1. The molecule has 5 nitrogen and oxygen atoms in total. The van der Waals surface area contributed by atoms with Crippen molar-refractivity contribution in [3.63, 3.8) is 0 Å². The Morgan fingerprint density at radius 3 is 2.52 bits per heavy atom. The molecule has 0 N–H and O–H groups in total. The molecule has 0 unspecified atom stereocenters. The van der Waals surface area contributed by atoms with E-state index in [1.165, 1.54) is 6.07 Å². The largest absolute Gasteiger partial charge is 0.358 e. The van der Waals surface area contributed by atoms with Crippen LogP contribution in [0.1, 0.15) is 21.5 Å². The van der Waals surface area contributed by atoms with Crippen LogP contribution in [0, 0.1) is 0 Å². The monoisotopic (exact) mass is 326 g/mol. The predicted octanol–water partition coefficient (Wildman–Crippen LogP) is 1.76. The zero-order valence-corrected chi connectivity index (χ0v) is 13.3. The van der Waals surface area contributed by atoms with E-state index in [0.717, 1.165) is 17.9 Å². The molecule has 2 aromatic carbocycles. The molecular weight excluding hydrogens is 312 g/mol. The molecule has 2 aliphatic rings. The summed E-state index contributed by atoms with van der Waals surface area (Å²) in [5, 5.41) is 0. The highest BCUT2D eigenvalue weighted by atomic mass is 32.2. The van der Waals surface area contributed by atoms with E-state index in [4.69, 9.17) is 0 Å². The number of fused-ring (bicyclic) bond motifs is 2. The summed E-state index contributed by atoms with van der Waals surface area (Å²) in [7, 11) is -1.78. The number of carbonyl (C=O) groups is 1. The number of benzene rings is 2. The molecule has 2 aliphatic heterocycles. The molecule has 0 saturated heterocycles. The smallest absolute Gasteiger partial charge is 0.208 e. The predicted molar refractivity (Wildman–Crippen MR) is 85.8 cm³/mol. The Labute approximate surface area is 134 Å². The van der Waals surface area contributed by atoms with Gasteiger partial charge in [-0.3, -0.25) is 9.79 Å². The van der Waals surface area contributed by atoms with Gasteiger partial charge in [0.2, 0.25) is 9.84 Å². The Morgan fingerprint density at radius 1 is 1.04 bits per heavy atom. The second-order valence-corrected chi connectivity index (χ2v) is 7.55. The fourth-order valence-corrected chi connectivity index (χ4v) is 4.74. The fraction of sp³-hybridized carbons (Fsp3) is 0.176. The number of hydrogen-bond acceptors (Lipinski definition) is 5. The molecule has 0 aromatic heterocycles. The molecule has 23 heavy (non-hydrogen) atoms. The van der Waals surface area contributed by atoms with Crippen molar-refractivity contribution in [3.05, 3.63) is 59.2 Å². The molecule has 2 heterocycles. The van der Waals surface area contributed by atoms with Crippen molar-refractivity contribution >= 4 is 21.5 Å². The van der Waals surface area contributed by atoms with Gasteiger partial charge in [-0.1, -0.05) is 18.2 Å². The average molecular weight is 326 g/mol. The Hall–Kier alpha value is -2.47. The second kappa shape index (κ2) is 4.76. The minimum absolute atomic E-state index is 0.0710. The van der Waals surface area contributed by atoms with Crippen LogP contribution in [0.25, 0.3) is 0 Å². The van der Waals surface area contributed by atoms with E-state index in [0.29, 0.717) is 6.54 Å². The lowest BCUT2D eigenvalue weighted by atomic mass is 10.0. The molecule has 116 valence electrons. The van der Waals surface area contributed by atoms with Crippen molar-refractivity contribution in [2.75, 3.05) is 20.1 Å². The fourth-order valence-electron chi connectivity index (χ4n) is 3.07. The van der Waals surface area contributed by atoms with Crippen molar-refractivity contribution in [2.24, 2.45) is 4.99 Å². The van der Waals surface area contributed by atoms with Gasteiger partial charge in [-0.25, -0.2) is 8.42 Å². The number of hydrogen-bond donors (Lipinski definition) is 0. The van der Waals surface area contributed by atoms with Crippen LogP contribution in [0.2, 0.25) is 0 Å². The van der Waals surface area contributed by atoms with Crippen LogP contribution in [-0.2, 0) is 9.84 Å². The second-order valence-electron chi connectivity index (χ2n) is 5.67. The Bertz CT molecular complexity index is 977. The molecule has 0 radical (unpaired) electrons. The van der Waals surface area contributed by atoms with Crippen molar-refractivity contribution in [3.8, 4) is 0 Å². The number of ketones is 1. The summed E-state index contributed by atoms with van der Waals surface area (Å²) in [5.74, 6) is 0.507. The van der Waals surface area contributed by atoms with Gasteiger partial charge in [0.25, 0.3) is 0 Å². The summed E-state index contributed by atoms with van der Waals surface area (Å²) < 4.78 is 25.8. The molecule has 0 saturated carbocycles. The summed E-state index contributed by atoms with van der Waals surface area (Å²) in [6.07, 6.45) is 0. The van der Waals surface area contributed by atoms with Gasteiger partial charge < -0.3 is 4.90 Å².